The molecule has 0 bridgehead atoms. The number of ketones is 1. The molecule has 126 valence electrons. The third-order valence-corrected chi connectivity index (χ3v) is 5.77. The summed E-state index contributed by atoms with van der Waals surface area (Å²) in [5.41, 5.74) is 8.69. The van der Waals surface area contributed by atoms with Crippen LogP contribution in [0, 0.1) is 0 Å². The SMILES string of the molecule is Nc1ccccc1S[C@H](CC(=O)c1ccc(Br)cc1)c1ccccc1. The largest absolute Gasteiger partial charge is 0.398 e. The molecule has 4 heteroatoms. The number of halogens is 1. The number of thioether (sulfide) groups is 1. The molecule has 2 nitrogen and oxygen atoms in total. The van der Waals surface area contributed by atoms with Gasteiger partial charge in [-0.1, -0.05) is 70.5 Å². The number of anilines is 1. The molecule has 0 aliphatic heterocycles. The summed E-state index contributed by atoms with van der Waals surface area (Å²) in [5.74, 6) is 0.128. The summed E-state index contributed by atoms with van der Waals surface area (Å²) >= 11 is 5.04. The van der Waals surface area contributed by atoms with E-state index >= 15 is 0 Å². The highest BCUT2D eigenvalue weighted by Crippen LogP contribution is 2.40. The smallest absolute Gasteiger partial charge is 0.164 e. The Balaban J connectivity index is 1.85. The minimum Gasteiger partial charge on any atom is -0.398 e. The summed E-state index contributed by atoms with van der Waals surface area (Å²) in [7, 11) is 0. The van der Waals surface area contributed by atoms with E-state index in [1.54, 1.807) is 11.8 Å². The zero-order valence-electron chi connectivity index (χ0n) is 13.6. The van der Waals surface area contributed by atoms with Crippen LogP contribution in [-0.4, -0.2) is 5.78 Å². The Hall–Kier alpha value is -2.04. The molecular weight excluding hydrogens is 394 g/mol. The maximum absolute atomic E-state index is 12.8. The van der Waals surface area contributed by atoms with Gasteiger partial charge in [0.1, 0.15) is 0 Å². The number of benzene rings is 3. The van der Waals surface area contributed by atoms with Crippen molar-refractivity contribution in [3.05, 3.63) is 94.5 Å². The Labute approximate surface area is 160 Å². The van der Waals surface area contributed by atoms with Crippen LogP contribution in [0.3, 0.4) is 0 Å². The van der Waals surface area contributed by atoms with E-state index in [4.69, 9.17) is 5.73 Å². The topological polar surface area (TPSA) is 43.1 Å². The summed E-state index contributed by atoms with van der Waals surface area (Å²) in [6.07, 6.45) is 0.421. The monoisotopic (exact) mass is 411 g/mol. The van der Waals surface area contributed by atoms with Gasteiger partial charge < -0.3 is 5.73 Å². The molecule has 0 heterocycles. The molecule has 0 aromatic heterocycles. The van der Waals surface area contributed by atoms with Crippen LogP contribution in [0.4, 0.5) is 5.69 Å². The first-order valence-corrected chi connectivity index (χ1v) is 9.65. The number of para-hydroxylation sites is 1. The van der Waals surface area contributed by atoms with Gasteiger partial charge in [0.2, 0.25) is 0 Å². The second-order valence-electron chi connectivity index (χ2n) is 5.69. The number of nitrogens with two attached hydrogens (primary N) is 1. The minimum absolute atomic E-state index is 0.0158. The lowest BCUT2D eigenvalue weighted by Crippen LogP contribution is -2.06. The number of carbonyl (C=O) groups is 1. The molecule has 2 N–H and O–H groups in total. The normalized spacial score (nSPS) is 11.9. The van der Waals surface area contributed by atoms with Gasteiger partial charge in [-0.2, -0.15) is 0 Å². The number of rotatable bonds is 6. The second-order valence-corrected chi connectivity index (χ2v) is 7.85. The van der Waals surface area contributed by atoms with Crippen LogP contribution in [0.2, 0.25) is 0 Å². The van der Waals surface area contributed by atoms with Gasteiger partial charge >= 0.3 is 0 Å². The molecule has 3 rings (SSSR count). The first-order valence-electron chi connectivity index (χ1n) is 7.98. The lowest BCUT2D eigenvalue weighted by atomic mass is 10.0. The Morgan fingerprint density at radius 3 is 2.24 bits per heavy atom. The van der Waals surface area contributed by atoms with Crippen molar-refractivity contribution in [3.8, 4) is 0 Å². The molecule has 3 aromatic carbocycles. The van der Waals surface area contributed by atoms with Crippen LogP contribution in [0.15, 0.2) is 88.2 Å². The Bertz CT molecular complexity index is 849. The second kappa shape index (κ2) is 8.37. The Morgan fingerprint density at radius 1 is 0.920 bits per heavy atom. The van der Waals surface area contributed by atoms with Crippen LogP contribution in [0.5, 0.6) is 0 Å². The van der Waals surface area contributed by atoms with Gasteiger partial charge in [0, 0.05) is 32.3 Å². The maximum Gasteiger partial charge on any atom is 0.164 e. The van der Waals surface area contributed by atoms with E-state index in [2.05, 4.69) is 28.1 Å². The van der Waals surface area contributed by atoms with E-state index in [1.165, 1.54) is 0 Å². The number of hydrogen-bond donors (Lipinski definition) is 1. The fourth-order valence-corrected chi connectivity index (χ4v) is 4.02. The summed E-state index contributed by atoms with van der Waals surface area (Å²) in [4.78, 5) is 13.8. The highest BCUT2D eigenvalue weighted by molar-refractivity contribution is 9.10. The van der Waals surface area contributed by atoms with Crippen molar-refractivity contribution >= 4 is 39.2 Å². The first-order chi connectivity index (χ1) is 12.1. The molecule has 25 heavy (non-hydrogen) atoms. The van der Waals surface area contributed by atoms with E-state index in [1.807, 2.05) is 66.7 Å². The highest BCUT2D eigenvalue weighted by Gasteiger charge is 2.19. The first kappa shape index (κ1) is 17.8. The number of carbonyl (C=O) groups excluding carboxylic acids is 1. The standard InChI is InChI=1S/C21H18BrNOS/c22-17-12-10-15(11-13-17)19(24)14-21(16-6-2-1-3-7-16)25-20-9-5-4-8-18(20)23/h1-13,21H,14,23H2/t21-/m1/s1. The van der Waals surface area contributed by atoms with E-state index in [0.29, 0.717) is 6.42 Å². The van der Waals surface area contributed by atoms with Crippen LogP contribution >= 0.6 is 27.7 Å². The van der Waals surface area contributed by atoms with Crippen LogP contribution in [0.1, 0.15) is 27.6 Å². The molecule has 3 aromatic rings. The van der Waals surface area contributed by atoms with Crippen molar-refractivity contribution in [2.75, 3.05) is 5.73 Å². The molecule has 0 spiro atoms. The third kappa shape index (κ3) is 4.74. The van der Waals surface area contributed by atoms with Gasteiger partial charge in [-0.15, -0.1) is 11.8 Å². The number of hydrogen-bond acceptors (Lipinski definition) is 3. The van der Waals surface area contributed by atoms with Crippen LogP contribution < -0.4 is 5.73 Å². The lowest BCUT2D eigenvalue weighted by Gasteiger charge is -2.17. The van der Waals surface area contributed by atoms with E-state index in [9.17, 15) is 4.79 Å². The molecule has 0 fully saturated rings. The lowest BCUT2D eigenvalue weighted by molar-refractivity contribution is 0.0982. The van der Waals surface area contributed by atoms with Crippen molar-refractivity contribution in [2.24, 2.45) is 0 Å². The molecule has 0 aliphatic rings. The summed E-state index contributed by atoms with van der Waals surface area (Å²) in [5, 5.41) is 0.0158. The van der Waals surface area contributed by atoms with Crippen molar-refractivity contribution in [1.29, 1.82) is 0 Å². The molecule has 0 saturated carbocycles. The van der Waals surface area contributed by atoms with Crippen molar-refractivity contribution < 1.29 is 4.79 Å². The Kier molecular flexibility index (Phi) is 5.95. The Morgan fingerprint density at radius 2 is 1.56 bits per heavy atom. The van der Waals surface area contributed by atoms with Gasteiger partial charge in [0.15, 0.2) is 5.78 Å². The van der Waals surface area contributed by atoms with Crippen LogP contribution in [-0.2, 0) is 0 Å². The van der Waals surface area contributed by atoms with E-state index in [-0.39, 0.29) is 11.0 Å². The summed E-state index contributed by atoms with van der Waals surface area (Å²) in [6, 6.07) is 25.4. The minimum atomic E-state index is 0.0158. The molecule has 0 aliphatic carbocycles. The molecule has 1 atom stereocenters. The summed E-state index contributed by atoms with van der Waals surface area (Å²) < 4.78 is 0.968. The van der Waals surface area contributed by atoms with Gasteiger partial charge in [0.25, 0.3) is 0 Å². The van der Waals surface area contributed by atoms with E-state index in [0.717, 1.165) is 26.2 Å². The van der Waals surface area contributed by atoms with Gasteiger partial charge in [0.05, 0.1) is 0 Å². The molecule has 0 saturated heterocycles. The zero-order chi connectivity index (χ0) is 17.6. The zero-order valence-corrected chi connectivity index (χ0v) is 16.0. The molecule has 0 amide bonds. The number of nitrogen functional groups attached to an aromatic ring is 1. The predicted molar refractivity (Wildman–Crippen MR) is 109 cm³/mol. The number of Topliss-reactive ketones (excluding diaryl/α,β-unsaturated/α-hetero) is 1. The average molecular weight is 412 g/mol. The van der Waals surface area contributed by atoms with E-state index < -0.39 is 0 Å². The quantitative estimate of drug-likeness (QED) is 0.301. The summed E-state index contributed by atoms with van der Waals surface area (Å²) in [6.45, 7) is 0. The van der Waals surface area contributed by atoms with Gasteiger partial charge in [-0.3, -0.25) is 4.79 Å². The molecule has 0 unspecified atom stereocenters. The fourth-order valence-electron chi connectivity index (χ4n) is 2.56. The highest BCUT2D eigenvalue weighted by atomic mass is 79.9. The fraction of sp³-hybridized carbons (Fsp3) is 0.0952. The van der Waals surface area contributed by atoms with Crippen molar-refractivity contribution in [3.63, 3.8) is 0 Å². The van der Waals surface area contributed by atoms with Crippen molar-refractivity contribution in [2.45, 2.75) is 16.6 Å². The molecule has 0 radical (unpaired) electrons. The third-order valence-electron chi connectivity index (χ3n) is 3.90. The van der Waals surface area contributed by atoms with Gasteiger partial charge in [-0.25, -0.2) is 0 Å². The molecular formula is C21H18BrNOS. The van der Waals surface area contributed by atoms with Gasteiger partial charge in [-0.05, 0) is 29.8 Å². The average Bonchev–Trinajstić information content (AvgIpc) is 2.64. The predicted octanol–water partition coefficient (Wildman–Crippen LogP) is 6.14. The maximum atomic E-state index is 12.8. The van der Waals surface area contributed by atoms with Crippen molar-refractivity contribution in [1.82, 2.24) is 0 Å². The van der Waals surface area contributed by atoms with Crippen LogP contribution in [0.25, 0.3) is 0 Å².